The molecule has 4 N–H and O–H groups in total. The van der Waals surface area contributed by atoms with Crippen molar-refractivity contribution in [2.75, 3.05) is 13.1 Å². The molecule has 0 heterocycles. The van der Waals surface area contributed by atoms with E-state index >= 15 is 0 Å². The maximum atomic E-state index is 11.3. The lowest BCUT2D eigenvalue weighted by Crippen LogP contribution is -2.41. The third-order valence-electron chi connectivity index (χ3n) is 2.22. The summed E-state index contributed by atoms with van der Waals surface area (Å²) in [4.78, 5) is 21.7. The molecule has 1 atom stereocenters. The Balaban J connectivity index is 3.53. The summed E-state index contributed by atoms with van der Waals surface area (Å²) < 4.78 is 0. The zero-order chi connectivity index (χ0) is 11.8. The molecule has 0 bridgehead atoms. The van der Waals surface area contributed by atoms with Crippen molar-refractivity contribution in [1.82, 2.24) is 10.6 Å². The van der Waals surface area contributed by atoms with Crippen molar-refractivity contribution in [3.05, 3.63) is 0 Å². The Hall–Kier alpha value is -1.10. The fourth-order valence-corrected chi connectivity index (χ4v) is 0.885. The summed E-state index contributed by atoms with van der Waals surface area (Å²) in [5, 5.41) is 5.70. The first-order chi connectivity index (χ1) is 6.93. The predicted octanol–water partition coefficient (Wildman–Crippen LogP) is -0.388. The lowest BCUT2D eigenvalue weighted by atomic mass is 10.1. The highest BCUT2D eigenvalue weighted by Crippen LogP contribution is 1.98. The highest BCUT2D eigenvalue weighted by atomic mass is 16.2. The first kappa shape index (κ1) is 13.9. The zero-order valence-corrected chi connectivity index (χ0v) is 9.67. The van der Waals surface area contributed by atoms with E-state index in [0.717, 1.165) is 0 Å². The molecule has 0 aromatic heterocycles. The maximum Gasteiger partial charge on any atom is 0.234 e. The van der Waals surface area contributed by atoms with Gasteiger partial charge >= 0.3 is 0 Å². The van der Waals surface area contributed by atoms with Crippen LogP contribution in [0.4, 0.5) is 0 Å². The molecule has 0 saturated heterocycles. The number of hydrogen-bond acceptors (Lipinski definition) is 3. The number of nitrogens with one attached hydrogen (secondary N) is 2. The summed E-state index contributed by atoms with van der Waals surface area (Å²) >= 11 is 0. The molecular formula is C10H21N3O2. The van der Waals surface area contributed by atoms with E-state index in [4.69, 9.17) is 5.73 Å². The minimum atomic E-state index is -0.363. The molecule has 0 rings (SSSR count). The molecular weight excluding hydrogens is 194 g/mol. The average molecular weight is 215 g/mol. The van der Waals surface area contributed by atoms with E-state index in [1.807, 2.05) is 20.8 Å². The first-order valence-electron chi connectivity index (χ1n) is 5.22. The molecule has 0 aliphatic heterocycles. The van der Waals surface area contributed by atoms with E-state index < -0.39 is 0 Å². The van der Waals surface area contributed by atoms with Crippen molar-refractivity contribution < 1.29 is 9.59 Å². The summed E-state index contributed by atoms with van der Waals surface area (Å²) in [5.74, 6) is -0.00121. The highest BCUT2D eigenvalue weighted by molar-refractivity contribution is 5.78. The van der Waals surface area contributed by atoms with E-state index in [2.05, 4.69) is 10.6 Å². The van der Waals surface area contributed by atoms with Crippen LogP contribution in [-0.4, -0.2) is 30.9 Å². The van der Waals surface area contributed by atoms with Crippen molar-refractivity contribution in [2.45, 2.75) is 33.2 Å². The number of carbonyl (C=O) groups excluding carboxylic acids is 2. The molecule has 0 spiro atoms. The molecule has 15 heavy (non-hydrogen) atoms. The second-order valence-corrected chi connectivity index (χ2v) is 3.99. The van der Waals surface area contributed by atoms with Crippen molar-refractivity contribution >= 4 is 11.8 Å². The van der Waals surface area contributed by atoms with Crippen molar-refractivity contribution in [3.63, 3.8) is 0 Å². The SMILES string of the molecule is CC(C)C(C)NC(=O)CNCCC(N)=O. The fraction of sp³-hybridized carbons (Fsp3) is 0.800. The average Bonchev–Trinajstić information content (AvgIpc) is 2.12. The van der Waals surface area contributed by atoms with E-state index in [1.165, 1.54) is 0 Å². The smallest absolute Gasteiger partial charge is 0.234 e. The summed E-state index contributed by atoms with van der Waals surface area (Å²) in [5.41, 5.74) is 4.95. The van der Waals surface area contributed by atoms with Crippen LogP contribution in [0.5, 0.6) is 0 Å². The molecule has 0 fully saturated rings. The topological polar surface area (TPSA) is 84.2 Å². The number of hydrogen-bond donors (Lipinski definition) is 3. The second-order valence-electron chi connectivity index (χ2n) is 3.99. The minimum Gasteiger partial charge on any atom is -0.370 e. The summed E-state index contributed by atoms with van der Waals surface area (Å²) in [6.07, 6.45) is 0.257. The van der Waals surface area contributed by atoms with Crippen LogP contribution in [0, 0.1) is 5.92 Å². The fourth-order valence-electron chi connectivity index (χ4n) is 0.885. The third kappa shape index (κ3) is 7.93. The third-order valence-corrected chi connectivity index (χ3v) is 2.22. The number of carbonyl (C=O) groups is 2. The number of primary amides is 1. The van der Waals surface area contributed by atoms with Gasteiger partial charge in [-0.05, 0) is 12.8 Å². The van der Waals surface area contributed by atoms with Crippen LogP contribution < -0.4 is 16.4 Å². The van der Waals surface area contributed by atoms with Crippen LogP contribution in [0.1, 0.15) is 27.2 Å². The molecule has 2 amide bonds. The van der Waals surface area contributed by atoms with Gasteiger partial charge < -0.3 is 16.4 Å². The van der Waals surface area contributed by atoms with Crippen molar-refractivity contribution in [2.24, 2.45) is 11.7 Å². The van der Waals surface area contributed by atoms with Gasteiger partial charge in [-0.25, -0.2) is 0 Å². The summed E-state index contributed by atoms with van der Waals surface area (Å²) in [6.45, 7) is 6.73. The molecule has 0 radical (unpaired) electrons. The second kappa shape index (κ2) is 7.23. The van der Waals surface area contributed by atoms with Gasteiger partial charge in [0.2, 0.25) is 11.8 Å². The van der Waals surface area contributed by atoms with Gasteiger partial charge in [0.15, 0.2) is 0 Å². The van der Waals surface area contributed by atoms with Gasteiger partial charge in [0.05, 0.1) is 6.54 Å². The molecule has 5 nitrogen and oxygen atoms in total. The Morgan fingerprint density at radius 3 is 2.33 bits per heavy atom. The van der Waals surface area contributed by atoms with Crippen LogP contribution in [0.3, 0.4) is 0 Å². The Kier molecular flexibility index (Phi) is 6.70. The van der Waals surface area contributed by atoms with Crippen LogP contribution in [0.25, 0.3) is 0 Å². The first-order valence-corrected chi connectivity index (χ1v) is 5.22. The zero-order valence-electron chi connectivity index (χ0n) is 9.67. The van der Waals surface area contributed by atoms with Gasteiger partial charge in [-0.3, -0.25) is 9.59 Å². The van der Waals surface area contributed by atoms with Gasteiger partial charge in [-0.15, -0.1) is 0 Å². The van der Waals surface area contributed by atoms with E-state index in [9.17, 15) is 9.59 Å². The minimum absolute atomic E-state index is 0.0549. The van der Waals surface area contributed by atoms with E-state index in [1.54, 1.807) is 0 Å². The summed E-state index contributed by atoms with van der Waals surface area (Å²) in [6, 6.07) is 0.162. The highest BCUT2D eigenvalue weighted by Gasteiger charge is 2.09. The molecule has 0 saturated carbocycles. The number of amides is 2. The van der Waals surface area contributed by atoms with Crippen LogP contribution in [0.2, 0.25) is 0 Å². The van der Waals surface area contributed by atoms with Gasteiger partial charge in [0.1, 0.15) is 0 Å². The molecule has 0 aliphatic rings. The van der Waals surface area contributed by atoms with Gasteiger partial charge in [-0.1, -0.05) is 13.8 Å². The normalized spacial score (nSPS) is 12.5. The van der Waals surface area contributed by atoms with E-state index in [-0.39, 0.29) is 30.8 Å². The van der Waals surface area contributed by atoms with Crippen LogP contribution in [-0.2, 0) is 9.59 Å². The number of nitrogens with two attached hydrogens (primary N) is 1. The standard InChI is InChI=1S/C10H21N3O2/c1-7(2)8(3)13-10(15)6-12-5-4-9(11)14/h7-8,12H,4-6H2,1-3H3,(H2,11,14)(H,13,15). The lowest BCUT2D eigenvalue weighted by Gasteiger charge is -2.17. The van der Waals surface area contributed by atoms with Crippen LogP contribution >= 0.6 is 0 Å². The van der Waals surface area contributed by atoms with E-state index in [0.29, 0.717) is 12.5 Å². The Morgan fingerprint density at radius 1 is 1.27 bits per heavy atom. The number of rotatable bonds is 7. The van der Waals surface area contributed by atoms with Gasteiger partial charge in [-0.2, -0.15) is 0 Å². The Labute approximate surface area is 90.8 Å². The Morgan fingerprint density at radius 2 is 1.87 bits per heavy atom. The molecule has 0 aromatic rings. The van der Waals surface area contributed by atoms with Gasteiger partial charge in [0, 0.05) is 19.0 Å². The monoisotopic (exact) mass is 215 g/mol. The molecule has 1 unspecified atom stereocenters. The largest absolute Gasteiger partial charge is 0.370 e. The molecule has 5 heteroatoms. The maximum absolute atomic E-state index is 11.3. The quantitative estimate of drug-likeness (QED) is 0.506. The molecule has 0 aliphatic carbocycles. The summed E-state index contributed by atoms with van der Waals surface area (Å²) in [7, 11) is 0. The lowest BCUT2D eigenvalue weighted by molar-refractivity contribution is -0.121. The predicted molar refractivity (Wildman–Crippen MR) is 59.1 cm³/mol. The van der Waals surface area contributed by atoms with Crippen molar-refractivity contribution in [1.29, 1.82) is 0 Å². The molecule has 88 valence electrons. The van der Waals surface area contributed by atoms with Crippen molar-refractivity contribution in [3.8, 4) is 0 Å². The van der Waals surface area contributed by atoms with Gasteiger partial charge in [0.25, 0.3) is 0 Å². The molecule has 0 aromatic carbocycles. The Bertz CT molecular complexity index is 217. The van der Waals surface area contributed by atoms with Crippen LogP contribution in [0.15, 0.2) is 0 Å².